The number of likely N-dealkylation sites (tertiary alicyclic amines) is 1. The fourth-order valence-corrected chi connectivity index (χ4v) is 5.39. The first kappa shape index (κ1) is 21.2. The summed E-state index contributed by atoms with van der Waals surface area (Å²) in [5, 5.41) is 2.93. The second kappa shape index (κ2) is 9.10. The van der Waals surface area contributed by atoms with Crippen LogP contribution in [0.2, 0.25) is 0 Å². The van der Waals surface area contributed by atoms with Crippen molar-refractivity contribution in [2.75, 3.05) is 49.1 Å². The summed E-state index contributed by atoms with van der Waals surface area (Å²) in [6.45, 7) is 3.55. The normalized spacial score (nSPS) is 25.0. The lowest BCUT2D eigenvalue weighted by Gasteiger charge is -2.45. The molecular weight excluding hydrogens is 408 g/mol. The molecule has 1 aromatic carbocycles. The van der Waals surface area contributed by atoms with Gasteiger partial charge in [0.25, 0.3) is 5.91 Å². The van der Waals surface area contributed by atoms with E-state index in [0.717, 1.165) is 76.9 Å². The van der Waals surface area contributed by atoms with Gasteiger partial charge in [-0.15, -0.1) is 0 Å². The number of hydrogen-bond acceptors (Lipinski definition) is 5. The first-order valence-electron chi connectivity index (χ1n) is 12.0. The largest absolute Gasteiger partial charge is 0.376 e. The smallest absolute Gasteiger partial charge is 0.253 e. The summed E-state index contributed by atoms with van der Waals surface area (Å²) in [4.78, 5) is 44.8. The van der Waals surface area contributed by atoms with E-state index in [1.165, 1.54) is 0 Å². The Labute approximate surface area is 188 Å². The maximum absolute atomic E-state index is 13.4. The predicted octanol–water partition coefficient (Wildman–Crippen LogP) is 1.92. The highest BCUT2D eigenvalue weighted by atomic mass is 16.5. The molecule has 8 nitrogen and oxygen atoms in total. The number of benzene rings is 1. The SMILES string of the molecule is O=C(CN1C(=O)[C@H]2CCCCN2c2ccc(C(=O)N3CCCC3)cc21)NC[C@H]1CCCO1. The highest BCUT2D eigenvalue weighted by Gasteiger charge is 2.40. The summed E-state index contributed by atoms with van der Waals surface area (Å²) in [7, 11) is 0. The maximum atomic E-state index is 13.4. The second-order valence-corrected chi connectivity index (χ2v) is 9.27. The molecule has 4 aliphatic heterocycles. The quantitative estimate of drug-likeness (QED) is 0.757. The Hall–Kier alpha value is -2.61. The van der Waals surface area contributed by atoms with Crippen molar-refractivity contribution in [1.82, 2.24) is 10.2 Å². The van der Waals surface area contributed by atoms with Gasteiger partial charge in [-0.2, -0.15) is 0 Å². The third-order valence-electron chi connectivity index (χ3n) is 7.12. The minimum atomic E-state index is -0.234. The van der Waals surface area contributed by atoms with Gasteiger partial charge in [-0.3, -0.25) is 19.3 Å². The standard InChI is InChI=1S/C24H32N4O4/c29-22(25-15-18-6-5-13-32-18)16-28-21-14-17(23(30)26-10-3-4-11-26)8-9-19(21)27-12-2-1-7-20(27)24(28)31/h8-9,14,18,20H,1-7,10-13,15-16H2,(H,25,29)/t18-,20-/m1/s1. The van der Waals surface area contributed by atoms with Crippen LogP contribution in [-0.4, -0.2) is 74.1 Å². The summed E-state index contributed by atoms with van der Waals surface area (Å²) in [6, 6.07) is 5.41. The highest BCUT2D eigenvalue weighted by Crippen LogP contribution is 2.40. The van der Waals surface area contributed by atoms with Crippen molar-refractivity contribution in [1.29, 1.82) is 0 Å². The fourth-order valence-electron chi connectivity index (χ4n) is 5.39. The molecule has 0 bridgehead atoms. The van der Waals surface area contributed by atoms with Gasteiger partial charge in [0.1, 0.15) is 12.6 Å². The van der Waals surface area contributed by atoms with Gasteiger partial charge in [0.15, 0.2) is 0 Å². The number of ether oxygens (including phenoxy) is 1. The minimum absolute atomic E-state index is 0.00120. The maximum Gasteiger partial charge on any atom is 0.253 e. The molecule has 3 saturated heterocycles. The van der Waals surface area contributed by atoms with Crippen molar-refractivity contribution in [2.45, 2.75) is 57.1 Å². The van der Waals surface area contributed by atoms with Gasteiger partial charge in [-0.05, 0) is 63.1 Å². The summed E-state index contributed by atoms with van der Waals surface area (Å²) < 4.78 is 5.59. The number of hydrogen-bond donors (Lipinski definition) is 1. The minimum Gasteiger partial charge on any atom is -0.376 e. The summed E-state index contributed by atoms with van der Waals surface area (Å²) in [6.07, 6.45) is 6.92. The highest BCUT2D eigenvalue weighted by molar-refractivity contribution is 6.09. The molecule has 0 aromatic heterocycles. The molecule has 0 radical (unpaired) electrons. The van der Waals surface area contributed by atoms with Gasteiger partial charge in [-0.25, -0.2) is 0 Å². The molecule has 32 heavy (non-hydrogen) atoms. The van der Waals surface area contributed by atoms with Crippen molar-refractivity contribution in [3.05, 3.63) is 23.8 Å². The van der Waals surface area contributed by atoms with Crippen LogP contribution in [0.25, 0.3) is 0 Å². The topological polar surface area (TPSA) is 82.2 Å². The van der Waals surface area contributed by atoms with Crippen molar-refractivity contribution < 1.29 is 19.1 Å². The first-order chi connectivity index (χ1) is 15.6. The number of nitrogens with one attached hydrogen (secondary N) is 1. The predicted molar refractivity (Wildman–Crippen MR) is 121 cm³/mol. The van der Waals surface area contributed by atoms with Gasteiger partial charge < -0.3 is 19.9 Å². The lowest BCUT2D eigenvalue weighted by atomic mass is 9.95. The monoisotopic (exact) mass is 440 g/mol. The lowest BCUT2D eigenvalue weighted by Crippen LogP contribution is -2.57. The van der Waals surface area contributed by atoms with Crippen LogP contribution in [0.1, 0.15) is 55.3 Å². The van der Waals surface area contributed by atoms with Crippen LogP contribution in [0.15, 0.2) is 18.2 Å². The van der Waals surface area contributed by atoms with Crippen molar-refractivity contribution in [3.8, 4) is 0 Å². The van der Waals surface area contributed by atoms with Crippen LogP contribution in [0.3, 0.4) is 0 Å². The van der Waals surface area contributed by atoms with E-state index in [9.17, 15) is 14.4 Å². The van der Waals surface area contributed by atoms with E-state index < -0.39 is 0 Å². The number of carbonyl (C=O) groups excluding carboxylic acids is 3. The first-order valence-corrected chi connectivity index (χ1v) is 12.0. The van der Waals surface area contributed by atoms with Gasteiger partial charge in [-0.1, -0.05) is 0 Å². The molecule has 8 heteroatoms. The molecule has 3 amide bonds. The van der Waals surface area contributed by atoms with Crippen LogP contribution in [-0.2, 0) is 14.3 Å². The van der Waals surface area contributed by atoms with E-state index in [1.807, 2.05) is 23.1 Å². The van der Waals surface area contributed by atoms with E-state index in [4.69, 9.17) is 4.74 Å². The second-order valence-electron chi connectivity index (χ2n) is 9.27. The molecule has 0 unspecified atom stereocenters. The number of amides is 3. The van der Waals surface area contributed by atoms with Gasteiger partial charge >= 0.3 is 0 Å². The number of nitrogens with zero attached hydrogens (tertiary/aromatic N) is 3. The molecule has 1 N–H and O–H groups in total. The van der Waals surface area contributed by atoms with E-state index >= 15 is 0 Å². The van der Waals surface area contributed by atoms with Crippen LogP contribution in [0, 0.1) is 0 Å². The van der Waals surface area contributed by atoms with Gasteiger partial charge in [0, 0.05) is 38.3 Å². The van der Waals surface area contributed by atoms with Crippen LogP contribution in [0.4, 0.5) is 11.4 Å². The number of piperidine rings is 1. The Morgan fingerprint density at radius 3 is 2.59 bits per heavy atom. The Balaban J connectivity index is 1.40. The molecule has 2 atom stereocenters. The fraction of sp³-hybridized carbons (Fsp3) is 0.625. The van der Waals surface area contributed by atoms with Crippen LogP contribution >= 0.6 is 0 Å². The van der Waals surface area contributed by atoms with Crippen LogP contribution < -0.4 is 15.1 Å². The van der Waals surface area contributed by atoms with E-state index in [1.54, 1.807) is 4.90 Å². The van der Waals surface area contributed by atoms with Crippen molar-refractivity contribution in [3.63, 3.8) is 0 Å². The molecule has 4 aliphatic rings. The Morgan fingerprint density at radius 2 is 1.81 bits per heavy atom. The van der Waals surface area contributed by atoms with E-state index in [-0.39, 0.29) is 36.4 Å². The number of rotatable bonds is 5. The number of fused-ring (bicyclic) bond motifs is 3. The summed E-state index contributed by atoms with van der Waals surface area (Å²) in [5.74, 6) is -0.239. The molecule has 0 aliphatic carbocycles. The Morgan fingerprint density at radius 1 is 1.00 bits per heavy atom. The van der Waals surface area contributed by atoms with E-state index in [0.29, 0.717) is 17.8 Å². The number of carbonyl (C=O) groups is 3. The lowest BCUT2D eigenvalue weighted by molar-refractivity contribution is -0.125. The van der Waals surface area contributed by atoms with Crippen LogP contribution in [0.5, 0.6) is 0 Å². The molecule has 0 spiro atoms. The molecular formula is C24H32N4O4. The zero-order valence-electron chi connectivity index (χ0n) is 18.6. The molecule has 0 saturated carbocycles. The molecule has 172 valence electrons. The van der Waals surface area contributed by atoms with E-state index in [2.05, 4.69) is 10.2 Å². The van der Waals surface area contributed by atoms with Gasteiger partial charge in [0.2, 0.25) is 11.8 Å². The zero-order valence-corrected chi connectivity index (χ0v) is 18.6. The Bertz CT molecular complexity index is 892. The molecule has 3 fully saturated rings. The summed E-state index contributed by atoms with van der Waals surface area (Å²) in [5.41, 5.74) is 2.20. The molecule has 5 rings (SSSR count). The average Bonchev–Trinajstić information content (AvgIpc) is 3.54. The average molecular weight is 441 g/mol. The Kier molecular flexibility index (Phi) is 6.04. The number of anilines is 2. The summed E-state index contributed by atoms with van der Waals surface area (Å²) >= 11 is 0. The third kappa shape index (κ3) is 4.08. The zero-order chi connectivity index (χ0) is 22.1. The third-order valence-corrected chi connectivity index (χ3v) is 7.12. The van der Waals surface area contributed by atoms with Gasteiger partial charge in [0.05, 0.1) is 17.5 Å². The van der Waals surface area contributed by atoms with Crippen molar-refractivity contribution in [2.24, 2.45) is 0 Å². The van der Waals surface area contributed by atoms with Crippen molar-refractivity contribution >= 4 is 29.1 Å². The molecule has 1 aromatic rings. The molecule has 4 heterocycles.